The number of anilines is 1. The zero-order chi connectivity index (χ0) is 20.6. The van der Waals surface area contributed by atoms with E-state index in [0.717, 1.165) is 17.0 Å². The molecule has 1 aliphatic heterocycles. The summed E-state index contributed by atoms with van der Waals surface area (Å²) < 4.78 is 0. The van der Waals surface area contributed by atoms with E-state index >= 15 is 0 Å². The lowest BCUT2D eigenvalue weighted by Crippen LogP contribution is -2.27. The van der Waals surface area contributed by atoms with Crippen LogP contribution < -0.4 is 4.90 Å². The van der Waals surface area contributed by atoms with Gasteiger partial charge in [-0.15, -0.1) is 0 Å². The first kappa shape index (κ1) is 19.3. The fourth-order valence-electron chi connectivity index (χ4n) is 2.40. The van der Waals surface area contributed by atoms with Gasteiger partial charge in [0.1, 0.15) is 0 Å². The van der Waals surface area contributed by atoms with E-state index < -0.39 is 38.1 Å². The molecule has 0 atom stereocenters. The number of carbonyl (C=O) groups excluding carboxylic acids is 2. The molecule has 1 N–H and O–H groups in total. The topological polar surface area (TPSA) is 144 Å². The highest BCUT2D eigenvalue weighted by molar-refractivity contribution is 8.19. The Morgan fingerprint density at radius 2 is 1.71 bits per heavy atom. The number of thioether (sulfide) groups is 1. The molecule has 2 aromatic rings. The fraction of sp³-hybridized carbons (Fsp3) is 0. The van der Waals surface area contributed by atoms with Crippen LogP contribution in [0.5, 0.6) is 5.75 Å². The van der Waals surface area contributed by atoms with E-state index in [-0.39, 0.29) is 16.2 Å². The normalized spacial score (nSPS) is 15.3. The van der Waals surface area contributed by atoms with Crippen LogP contribution in [0.3, 0.4) is 0 Å². The van der Waals surface area contributed by atoms with E-state index in [2.05, 4.69) is 0 Å². The van der Waals surface area contributed by atoms with Crippen molar-refractivity contribution in [2.24, 2.45) is 0 Å². The minimum Gasteiger partial charge on any atom is -0.502 e. The van der Waals surface area contributed by atoms with Gasteiger partial charge in [0.15, 0.2) is 0 Å². The maximum atomic E-state index is 12.6. The molecule has 12 heteroatoms. The Morgan fingerprint density at radius 3 is 2.29 bits per heavy atom. The Balaban J connectivity index is 2.06. The Labute approximate surface area is 165 Å². The van der Waals surface area contributed by atoms with Crippen LogP contribution in [0.15, 0.2) is 41.3 Å². The Hall–Kier alpha value is -3.44. The second-order valence-electron chi connectivity index (χ2n) is 5.41. The summed E-state index contributed by atoms with van der Waals surface area (Å²) in [6.45, 7) is 0. The van der Waals surface area contributed by atoms with Crippen LogP contribution in [-0.4, -0.2) is 26.1 Å². The third kappa shape index (κ3) is 3.52. The number of hydrogen-bond acceptors (Lipinski definition) is 8. The lowest BCUT2D eigenvalue weighted by molar-refractivity contribution is -0.394. The number of aromatic hydroxyl groups is 1. The van der Waals surface area contributed by atoms with Crippen LogP contribution in [0.2, 0.25) is 5.02 Å². The summed E-state index contributed by atoms with van der Waals surface area (Å²) in [5.41, 5.74) is -1.61. The van der Waals surface area contributed by atoms with E-state index in [4.69, 9.17) is 11.6 Å². The van der Waals surface area contributed by atoms with Crippen LogP contribution in [0.1, 0.15) is 5.56 Å². The number of nitro groups is 2. The standard InChI is InChI=1S/C16H8ClN3O7S/c17-9-1-3-10(4-2-9)18-15(22)13(28-16(18)23)6-8-5-11(19(24)25)7-12(14(8)21)20(26)27/h1-7,21H/b13-6+. The van der Waals surface area contributed by atoms with Gasteiger partial charge in [0.05, 0.1) is 26.5 Å². The molecule has 2 aromatic carbocycles. The molecule has 3 rings (SSSR count). The molecule has 1 heterocycles. The van der Waals surface area contributed by atoms with Crippen LogP contribution in [0.25, 0.3) is 6.08 Å². The molecule has 0 radical (unpaired) electrons. The number of phenols is 1. The van der Waals surface area contributed by atoms with Gasteiger partial charge in [0.25, 0.3) is 16.8 Å². The monoisotopic (exact) mass is 421 g/mol. The van der Waals surface area contributed by atoms with Crippen molar-refractivity contribution in [1.29, 1.82) is 0 Å². The summed E-state index contributed by atoms with van der Waals surface area (Å²) in [5.74, 6) is -1.60. The molecule has 1 aliphatic rings. The van der Waals surface area contributed by atoms with Crippen LogP contribution in [-0.2, 0) is 4.79 Å². The first-order chi connectivity index (χ1) is 13.2. The Morgan fingerprint density at radius 1 is 1.07 bits per heavy atom. The largest absolute Gasteiger partial charge is 0.502 e. The molecule has 0 unspecified atom stereocenters. The lowest BCUT2D eigenvalue weighted by Gasteiger charge is -2.12. The number of nitro benzene ring substituents is 2. The molecule has 142 valence electrons. The van der Waals surface area contributed by atoms with Gasteiger partial charge in [-0.05, 0) is 42.1 Å². The third-order valence-corrected chi connectivity index (χ3v) is 4.80. The van der Waals surface area contributed by atoms with Crippen molar-refractivity contribution in [3.63, 3.8) is 0 Å². The maximum Gasteiger partial charge on any atom is 0.318 e. The Bertz CT molecular complexity index is 1070. The number of rotatable bonds is 4. The molecular weight excluding hydrogens is 414 g/mol. The molecule has 1 saturated heterocycles. The molecular formula is C16H8ClN3O7S. The summed E-state index contributed by atoms with van der Waals surface area (Å²) in [6, 6.07) is 7.36. The molecule has 0 aromatic heterocycles. The van der Waals surface area contributed by atoms with Gasteiger partial charge in [-0.25, -0.2) is 4.90 Å². The molecule has 10 nitrogen and oxygen atoms in total. The molecule has 28 heavy (non-hydrogen) atoms. The summed E-state index contributed by atoms with van der Waals surface area (Å²) in [6.07, 6.45) is 0.996. The van der Waals surface area contributed by atoms with Gasteiger partial charge >= 0.3 is 5.69 Å². The molecule has 2 amide bonds. The zero-order valence-electron chi connectivity index (χ0n) is 13.6. The minimum absolute atomic E-state index is 0.162. The fourth-order valence-corrected chi connectivity index (χ4v) is 3.36. The van der Waals surface area contributed by atoms with Crippen LogP contribution >= 0.6 is 23.4 Å². The highest BCUT2D eigenvalue weighted by Gasteiger charge is 2.37. The predicted octanol–water partition coefficient (Wildman–Crippen LogP) is 4.10. The van der Waals surface area contributed by atoms with Gasteiger partial charge in [0.2, 0.25) is 5.75 Å². The number of non-ortho nitro benzene ring substituents is 1. The van der Waals surface area contributed by atoms with Crippen molar-refractivity contribution in [1.82, 2.24) is 0 Å². The minimum atomic E-state index is -0.987. The predicted molar refractivity (Wildman–Crippen MR) is 101 cm³/mol. The summed E-state index contributed by atoms with van der Waals surface area (Å²) >= 11 is 6.31. The second kappa shape index (κ2) is 7.29. The quantitative estimate of drug-likeness (QED) is 0.441. The van der Waals surface area contributed by atoms with Gasteiger partial charge in [-0.2, -0.15) is 0 Å². The number of hydrogen-bond donors (Lipinski definition) is 1. The van der Waals surface area contributed by atoms with Gasteiger partial charge in [0, 0.05) is 16.7 Å². The van der Waals surface area contributed by atoms with Crippen molar-refractivity contribution < 1.29 is 24.5 Å². The van der Waals surface area contributed by atoms with E-state index in [1.54, 1.807) is 0 Å². The van der Waals surface area contributed by atoms with Gasteiger partial charge in [-0.3, -0.25) is 29.8 Å². The average Bonchev–Trinajstić information content (AvgIpc) is 2.90. The number of carbonyl (C=O) groups is 2. The van der Waals surface area contributed by atoms with Crippen molar-refractivity contribution >= 4 is 57.6 Å². The van der Waals surface area contributed by atoms with Crippen molar-refractivity contribution in [2.45, 2.75) is 0 Å². The van der Waals surface area contributed by atoms with E-state index in [0.29, 0.717) is 22.9 Å². The summed E-state index contributed by atoms with van der Waals surface area (Å²) in [4.78, 5) is 45.7. The first-order valence-electron chi connectivity index (χ1n) is 7.38. The summed E-state index contributed by atoms with van der Waals surface area (Å²) in [7, 11) is 0. The lowest BCUT2D eigenvalue weighted by atomic mass is 10.1. The number of halogens is 1. The smallest absolute Gasteiger partial charge is 0.318 e. The number of amides is 2. The van der Waals surface area contributed by atoms with Gasteiger partial charge in [-0.1, -0.05) is 11.6 Å². The van der Waals surface area contributed by atoms with Crippen molar-refractivity contribution in [2.75, 3.05) is 4.90 Å². The van der Waals surface area contributed by atoms with Crippen molar-refractivity contribution in [3.05, 3.63) is 72.1 Å². The molecule has 0 bridgehead atoms. The maximum absolute atomic E-state index is 12.6. The molecule has 1 fully saturated rings. The summed E-state index contributed by atoms with van der Waals surface area (Å²) in [5, 5.41) is 31.8. The van der Waals surface area contributed by atoms with E-state index in [1.165, 1.54) is 24.3 Å². The molecule has 0 saturated carbocycles. The highest BCUT2D eigenvalue weighted by Crippen LogP contribution is 2.40. The van der Waals surface area contributed by atoms with Gasteiger partial charge < -0.3 is 5.11 Å². The second-order valence-corrected chi connectivity index (χ2v) is 6.84. The van der Waals surface area contributed by atoms with Crippen LogP contribution in [0.4, 0.5) is 21.9 Å². The SMILES string of the molecule is O=C1S/C(=C/c2cc([N+](=O)[O-])cc([N+](=O)[O-])c2O)C(=O)N1c1ccc(Cl)cc1. The zero-order valence-corrected chi connectivity index (χ0v) is 15.1. The number of nitrogens with zero attached hydrogens (tertiary/aromatic N) is 3. The van der Waals surface area contributed by atoms with E-state index in [1.807, 2.05) is 0 Å². The average molecular weight is 422 g/mol. The molecule has 0 aliphatic carbocycles. The van der Waals surface area contributed by atoms with E-state index in [9.17, 15) is 34.9 Å². The number of phenolic OH excluding ortho intramolecular Hbond substituents is 1. The van der Waals surface area contributed by atoms with Crippen LogP contribution in [0, 0.1) is 20.2 Å². The van der Waals surface area contributed by atoms with Crippen molar-refractivity contribution in [3.8, 4) is 5.75 Å². The number of imide groups is 1. The molecule has 0 spiro atoms. The number of benzene rings is 2. The Kier molecular flexibility index (Phi) is 5.03. The third-order valence-electron chi connectivity index (χ3n) is 3.68. The first-order valence-corrected chi connectivity index (χ1v) is 8.58. The highest BCUT2D eigenvalue weighted by atomic mass is 35.5.